The molecule has 1 aliphatic carbocycles. The smallest absolute Gasteiger partial charge is 0.326 e. The first-order valence-corrected chi connectivity index (χ1v) is 6.36. The zero-order valence-electron chi connectivity index (χ0n) is 10.8. The van der Waals surface area contributed by atoms with Gasteiger partial charge in [0, 0.05) is 0 Å². The van der Waals surface area contributed by atoms with Gasteiger partial charge in [0.1, 0.15) is 5.54 Å². The third-order valence-corrected chi connectivity index (χ3v) is 3.63. The van der Waals surface area contributed by atoms with E-state index in [0.717, 1.165) is 38.5 Å². The van der Waals surface area contributed by atoms with Crippen LogP contribution in [0.4, 0.5) is 0 Å². The van der Waals surface area contributed by atoms with Crippen molar-refractivity contribution >= 4 is 5.97 Å². The van der Waals surface area contributed by atoms with E-state index in [-0.39, 0.29) is 5.97 Å². The first-order chi connectivity index (χ1) is 7.40. The van der Waals surface area contributed by atoms with Crippen LogP contribution in [-0.2, 0) is 9.53 Å². The highest BCUT2D eigenvalue weighted by atomic mass is 16.5. The molecule has 3 heteroatoms. The molecule has 0 unspecified atom stereocenters. The van der Waals surface area contributed by atoms with Crippen LogP contribution in [0.5, 0.6) is 0 Å². The number of esters is 1. The quantitative estimate of drug-likeness (QED) is 0.593. The van der Waals surface area contributed by atoms with E-state index >= 15 is 0 Å². The Bertz CT molecular complexity index is 238. The maximum absolute atomic E-state index is 11.9. The van der Waals surface area contributed by atoms with E-state index in [1.165, 1.54) is 0 Å². The second-order valence-corrected chi connectivity index (χ2v) is 5.81. The predicted octanol–water partition coefficient (Wildman–Crippen LogP) is 2.63. The van der Waals surface area contributed by atoms with Crippen molar-refractivity contribution in [3.63, 3.8) is 0 Å². The molecule has 0 bridgehead atoms. The van der Waals surface area contributed by atoms with E-state index in [1.54, 1.807) is 0 Å². The molecule has 0 aliphatic heterocycles. The normalized spacial score (nSPS) is 22.8. The molecule has 0 spiro atoms. The molecule has 0 aromatic carbocycles. The molecule has 1 saturated carbocycles. The van der Waals surface area contributed by atoms with Gasteiger partial charge >= 0.3 is 5.97 Å². The van der Waals surface area contributed by atoms with Gasteiger partial charge in [0.05, 0.1) is 6.61 Å². The summed E-state index contributed by atoms with van der Waals surface area (Å²) in [6, 6.07) is 0. The Hall–Kier alpha value is -0.570. The third kappa shape index (κ3) is 3.48. The highest BCUT2D eigenvalue weighted by Gasteiger charge is 2.41. The topological polar surface area (TPSA) is 52.3 Å². The molecule has 1 aliphatic rings. The minimum atomic E-state index is -0.719. The van der Waals surface area contributed by atoms with E-state index < -0.39 is 5.54 Å². The van der Waals surface area contributed by atoms with Crippen LogP contribution >= 0.6 is 0 Å². The lowest BCUT2D eigenvalue weighted by Crippen LogP contribution is -2.52. The standard InChI is InChI=1S/C13H25NO2/c1-4-5-10-16-11(15)13(14)8-6-12(2,3)7-9-13/h4-10,14H2,1-3H3. The molecule has 0 radical (unpaired) electrons. The average Bonchev–Trinajstić information content (AvgIpc) is 2.23. The minimum absolute atomic E-state index is 0.198. The number of hydrogen-bond donors (Lipinski definition) is 1. The van der Waals surface area contributed by atoms with Gasteiger partial charge in [0.25, 0.3) is 0 Å². The van der Waals surface area contributed by atoms with Gasteiger partial charge in [-0.25, -0.2) is 0 Å². The molecule has 0 atom stereocenters. The fraction of sp³-hybridized carbons (Fsp3) is 0.923. The molecule has 2 N–H and O–H groups in total. The van der Waals surface area contributed by atoms with Crippen molar-refractivity contribution in [3.05, 3.63) is 0 Å². The fourth-order valence-corrected chi connectivity index (χ4v) is 2.03. The van der Waals surface area contributed by atoms with E-state index in [1.807, 2.05) is 0 Å². The van der Waals surface area contributed by atoms with Crippen molar-refractivity contribution in [1.29, 1.82) is 0 Å². The number of rotatable bonds is 4. The van der Waals surface area contributed by atoms with Gasteiger partial charge in [-0.15, -0.1) is 0 Å². The molecule has 1 rings (SSSR count). The molecular weight excluding hydrogens is 202 g/mol. The van der Waals surface area contributed by atoms with Crippen LogP contribution in [-0.4, -0.2) is 18.1 Å². The Morgan fingerprint density at radius 2 is 1.81 bits per heavy atom. The maximum Gasteiger partial charge on any atom is 0.326 e. The van der Waals surface area contributed by atoms with Crippen molar-refractivity contribution in [2.24, 2.45) is 11.1 Å². The van der Waals surface area contributed by atoms with Crippen LogP contribution in [0, 0.1) is 5.41 Å². The molecule has 3 nitrogen and oxygen atoms in total. The van der Waals surface area contributed by atoms with Crippen LogP contribution in [0.25, 0.3) is 0 Å². The Labute approximate surface area is 98.7 Å². The zero-order chi connectivity index (χ0) is 12.2. The van der Waals surface area contributed by atoms with Crippen molar-refractivity contribution in [2.45, 2.75) is 64.8 Å². The van der Waals surface area contributed by atoms with Gasteiger partial charge in [-0.1, -0.05) is 27.2 Å². The van der Waals surface area contributed by atoms with Crippen LogP contribution in [0.3, 0.4) is 0 Å². The number of carbonyl (C=O) groups excluding carboxylic acids is 1. The summed E-state index contributed by atoms with van der Waals surface area (Å²) in [5.74, 6) is -0.198. The first kappa shape index (κ1) is 13.5. The Morgan fingerprint density at radius 3 is 2.31 bits per heavy atom. The van der Waals surface area contributed by atoms with Crippen LogP contribution < -0.4 is 5.73 Å². The third-order valence-electron chi connectivity index (χ3n) is 3.63. The SMILES string of the molecule is CCCCOC(=O)C1(N)CCC(C)(C)CC1. The van der Waals surface area contributed by atoms with E-state index in [9.17, 15) is 4.79 Å². The number of hydrogen-bond acceptors (Lipinski definition) is 3. The maximum atomic E-state index is 11.9. The predicted molar refractivity (Wildman–Crippen MR) is 65.0 cm³/mol. The van der Waals surface area contributed by atoms with Gasteiger partial charge in [-0.3, -0.25) is 4.79 Å². The van der Waals surface area contributed by atoms with Gasteiger partial charge in [0.15, 0.2) is 0 Å². The second-order valence-electron chi connectivity index (χ2n) is 5.81. The van der Waals surface area contributed by atoms with Gasteiger partial charge in [0.2, 0.25) is 0 Å². The molecule has 94 valence electrons. The summed E-state index contributed by atoms with van der Waals surface area (Å²) in [5.41, 5.74) is 5.74. The molecular formula is C13H25NO2. The Kier molecular flexibility index (Phi) is 4.36. The lowest BCUT2D eigenvalue weighted by Gasteiger charge is -2.39. The number of ether oxygens (including phenoxy) is 1. The molecule has 0 aromatic heterocycles. The summed E-state index contributed by atoms with van der Waals surface area (Å²) in [5, 5.41) is 0. The highest BCUT2D eigenvalue weighted by Crippen LogP contribution is 2.39. The molecule has 1 fully saturated rings. The summed E-state index contributed by atoms with van der Waals surface area (Å²) in [6.45, 7) is 7.05. The molecule has 16 heavy (non-hydrogen) atoms. The van der Waals surface area contributed by atoms with E-state index in [2.05, 4.69) is 20.8 Å². The Morgan fingerprint density at radius 1 is 1.25 bits per heavy atom. The lowest BCUT2D eigenvalue weighted by molar-refractivity contribution is -0.152. The van der Waals surface area contributed by atoms with Crippen molar-refractivity contribution in [1.82, 2.24) is 0 Å². The summed E-state index contributed by atoms with van der Waals surface area (Å²) in [6.07, 6.45) is 5.49. The van der Waals surface area contributed by atoms with Gasteiger partial charge in [-0.2, -0.15) is 0 Å². The zero-order valence-corrected chi connectivity index (χ0v) is 10.8. The number of unbranched alkanes of at least 4 members (excludes halogenated alkanes) is 1. The Balaban J connectivity index is 2.43. The van der Waals surface area contributed by atoms with Gasteiger partial charge < -0.3 is 10.5 Å². The van der Waals surface area contributed by atoms with Crippen LogP contribution in [0.15, 0.2) is 0 Å². The van der Waals surface area contributed by atoms with Crippen LogP contribution in [0.1, 0.15) is 59.3 Å². The average molecular weight is 227 g/mol. The number of carbonyl (C=O) groups is 1. The summed E-state index contributed by atoms with van der Waals surface area (Å²) < 4.78 is 5.23. The minimum Gasteiger partial charge on any atom is -0.464 e. The van der Waals surface area contributed by atoms with Crippen LogP contribution in [0.2, 0.25) is 0 Å². The van der Waals surface area contributed by atoms with Crippen molar-refractivity contribution < 1.29 is 9.53 Å². The monoisotopic (exact) mass is 227 g/mol. The largest absolute Gasteiger partial charge is 0.464 e. The molecule has 0 aromatic rings. The summed E-state index contributed by atoms with van der Waals surface area (Å²) in [4.78, 5) is 11.9. The summed E-state index contributed by atoms with van der Waals surface area (Å²) in [7, 11) is 0. The first-order valence-electron chi connectivity index (χ1n) is 6.36. The van der Waals surface area contributed by atoms with Crippen molar-refractivity contribution in [2.75, 3.05) is 6.61 Å². The van der Waals surface area contributed by atoms with E-state index in [4.69, 9.17) is 10.5 Å². The van der Waals surface area contributed by atoms with Gasteiger partial charge in [-0.05, 0) is 37.5 Å². The molecule has 0 amide bonds. The van der Waals surface area contributed by atoms with E-state index in [0.29, 0.717) is 12.0 Å². The lowest BCUT2D eigenvalue weighted by atomic mass is 9.70. The fourth-order valence-electron chi connectivity index (χ4n) is 2.03. The summed E-state index contributed by atoms with van der Waals surface area (Å²) >= 11 is 0. The molecule has 0 heterocycles. The second kappa shape index (κ2) is 5.17. The highest BCUT2D eigenvalue weighted by molar-refractivity contribution is 5.80. The van der Waals surface area contributed by atoms with Crippen molar-refractivity contribution in [3.8, 4) is 0 Å². The number of nitrogens with two attached hydrogens (primary N) is 1. The molecule has 0 saturated heterocycles.